The molecule has 1 N–H and O–H groups in total. The normalized spacial score (nSPS) is 11.2. The molecule has 2 heterocycles. The molecule has 0 amide bonds. The van der Waals surface area contributed by atoms with Gasteiger partial charge in [0.25, 0.3) is 5.56 Å². The number of nitrogens with one attached hydrogen (secondary N) is 1. The van der Waals surface area contributed by atoms with Crippen molar-refractivity contribution in [1.82, 2.24) is 14.1 Å². The van der Waals surface area contributed by atoms with Crippen LogP contribution in [0.15, 0.2) is 62.7 Å². The summed E-state index contributed by atoms with van der Waals surface area (Å²) >= 11 is 3.40. The maximum absolute atomic E-state index is 12.9. The van der Waals surface area contributed by atoms with Gasteiger partial charge in [0.15, 0.2) is 0 Å². The monoisotopic (exact) mass is 385 g/mol. The first-order valence-electron chi connectivity index (χ1n) is 7.19. The predicted octanol–water partition coefficient (Wildman–Crippen LogP) is 2.68. The highest BCUT2D eigenvalue weighted by Crippen LogP contribution is 2.21. The third-order valence-corrected chi connectivity index (χ3v) is 4.43. The summed E-state index contributed by atoms with van der Waals surface area (Å²) in [6.45, 7) is 0. The first-order valence-corrected chi connectivity index (χ1v) is 7.98. The highest BCUT2D eigenvalue weighted by Gasteiger charge is 2.20. The molecular weight excluding hydrogens is 374 g/mol. The van der Waals surface area contributed by atoms with E-state index in [1.54, 1.807) is 43.6 Å². The molecule has 0 aliphatic carbocycles. The topological polar surface area (TPSA) is 69.0 Å². The van der Waals surface area contributed by atoms with Crippen molar-refractivity contribution in [2.24, 2.45) is 0 Å². The summed E-state index contributed by atoms with van der Waals surface area (Å²) in [6, 6.07) is 12.3. The number of aromatic amines is 1. The molecule has 2 aliphatic rings. The average molecular weight is 386 g/mol. The Morgan fingerprint density at radius 1 is 1.04 bits per heavy atom. The van der Waals surface area contributed by atoms with Gasteiger partial charge in [0.05, 0.1) is 23.8 Å². The molecule has 2 aliphatic heterocycles. The van der Waals surface area contributed by atoms with Gasteiger partial charge in [0.1, 0.15) is 11.4 Å². The van der Waals surface area contributed by atoms with Crippen LogP contribution in [-0.4, -0.2) is 21.2 Å². The molecule has 0 spiro atoms. The lowest BCUT2D eigenvalue weighted by atomic mass is 10.3. The maximum Gasteiger partial charge on any atom is 0.341 e. The van der Waals surface area contributed by atoms with Crippen molar-refractivity contribution < 1.29 is 4.74 Å². The van der Waals surface area contributed by atoms with Crippen molar-refractivity contribution in [2.45, 2.75) is 0 Å². The molecule has 0 aromatic heterocycles. The summed E-state index contributed by atoms with van der Waals surface area (Å²) in [5, 5.41) is 0. The number of methoxy groups -OCH3 is 1. The van der Waals surface area contributed by atoms with Gasteiger partial charge in [-0.15, -0.1) is 0 Å². The van der Waals surface area contributed by atoms with E-state index in [2.05, 4.69) is 20.9 Å². The van der Waals surface area contributed by atoms with Crippen molar-refractivity contribution >= 4 is 27.0 Å². The molecule has 0 saturated heterocycles. The van der Waals surface area contributed by atoms with E-state index in [9.17, 15) is 9.59 Å². The number of hydrogen-bond acceptors (Lipinski definition) is 3. The van der Waals surface area contributed by atoms with Crippen molar-refractivity contribution in [3.05, 3.63) is 74.0 Å². The summed E-state index contributed by atoms with van der Waals surface area (Å²) in [7, 11) is 1.56. The lowest BCUT2D eigenvalue weighted by Crippen LogP contribution is -2.25. The molecule has 0 fully saturated rings. The minimum absolute atomic E-state index is 0.293. The molecule has 0 atom stereocenters. The lowest BCUT2D eigenvalue weighted by Gasteiger charge is -2.06. The number of ether oxygens (including phenoxy) is 1. The Morgan fingerprint density at radius 2 is 1.79 bits per heavy atom. The number of benzene rings is 2. The molecule has 6 nitrogen and oxygen atoms in total. The summed E-state index contributed by atoms with van der Waals surface area (Å²) in [5.41, 5.74) is 1.41. The third kappa shape index (κ3) is 2.09. The Morgan fingerprint density at radius 3 is 2.50 bits per heavy atom. The number of aromatic nitrogens is 3. The fourth-order valence-corrected chi connectivity index (χ4v) is 3.13. The van der Waals surface area contributed by atoms with E-state index in [1.807, 2.05) is 12.1 Å². The highest BCUT2D eigenvalue weighted by atomic mass is 79.9. The van der Waals surface area contributed by atoms with Crippen molar-refractivity contribution in [1.29, 1.82) is 0 Å². The SMILES string of the molecule is COc1ccc(-n2c(=O)c3c[nH]c4ccc(Br)cc4n-3c2=O)cc1. The first-order chi connectivity index (χ1) is 11.6. The van der Waals surface area contributed by atoms with Crippen LogP contribution in [0.5, 0.6) is 5.75 Å². The van der Waals surface area contributed by atoms with Gasteiger partial charge in [-0.3, -0.25) is 9.36 Å². The Hall–Kier alpha value is -2.80. The van der Waals surface area contributed by atoms with Crippen molar-refractivity contribution in [3.63, 3.8) is 0 Å². The zero-order chi connectivity index (χ0) is 16.8. The summed E-state index contributed by atoms with van der Waals surface area (Å²) in [6.07, 6.45) is 1.56. The van der Waals surface area contributed by atoms with E-state index in [-0.39, 0.29) is 5.56 Å². The van der Waals surface area contributed by atoms with Gasteiger partial charge in [0.2, 0.25) is 0 Å². The number of hydrogen-bond donors (Lipinski definition) is 1. The molecule has 24 heavy (non-hydrogen) atoms. The Bertz CT molecular complexity index is 1140. The van der Waals surface area contributed by atoms with E-state index in [0.29, 0.717) is 22.6 Å². The fraction of sp³-hybridized carbons (Fsp3) is 0.0588. The predicted molar refractivity (Wildman–Crippen MR) is 94.9 cm³/mol. The molecule has 120 valence electrons. The number of halogens is 1. The number of H-pyrrole nitrogens is 1. The first kappa shape index (κ1) is 14.8. The van der Waals surface area contributed by atoms with Crippen LogP contribution in [0.25, 0.3) is 22.4 Å². The van der Waals surface area contributed by atoms with Crippen LogP contribution in [0.2, 0.25) is 0 Å². The molecule has 0 radical (unpaired) electrons. The zero-order valence-corrected chi connectivity index (χ0v) is 14.2. The van der Waals surface area contributed by atoms with E-state index in [0.717, 1.165) is 14.6 Å². The van der Waals surface area contributed by atoms with E-state index in [4.69, 9.17) is 4.74 Å². The Labute approximate surface area is 144 Å². The Kier molecular flexibility index (Phi) is 3.31. The van der Waals surface area contributed by atoms with Gasteiger partial charge in [-0.05, 0) is 42.5 Å². The zero-order valence-electron chi connectivity index (χ0n) is 12.6. The van der Waals surface area contributed by atoms with Crippen LogP contribution < -0.4 is 16.0 Å². The summed E-state index contributed by atoms with van der Waals surface area (Å²) in [5.74, 6) is 0.658. The standard InChI is InChI=1S/C17H12BrN3O3/c1-24-12-5-3-11(4-6-12)20-16(22)15-9-19-13-7-2-10(18)8-14(13)21(15)17(20)23/h2-9,19H,1H3. The molecule has 0 unspecified atom stereocenters. The van der Waals surface area contributed by atoms with Gasteiger partial charge in [-0.2, -0.15) is 0 Å². The van der Waals surface area contributed by atoms with Crippen LogP contribution in [0, 0.1) is 0 Å². The van der Waals surface area contributed by atoms with E-state index < -0.39 is 5.69 Å². The van der Waals surface area contributed by atoms with Crippen LogP contribution in [0.1, 0.15) is 0 Å². The van der Waals surface area contributed by atoms with Crippen LogP contribution in [0.3, 0.4) is 0 Å². The van der Waals surface area contributed by atoms with Gasteiger partial charge < -0.3 is 9.72 Å². The smallest absolute Gasteiger partial charge is 0.341 e. The van der Waals surface area contributed by atoms with Gasteiger partial charge in [-0.25, -0.2) is 9.36 Å². The molecule has 0 saturated carbocycles. The molecule has 2 aromatic carbocycles. The van der Waals surface area contributed by atoms with Gasteiger partial charge >= 0.3 is 5.69 Å². The van der Waals surface area contributed by atoms with Crippen molar-refractivity contribution in [3.8, 4) is 17.1 Å². The minimum atomic E-state index is -0.405. The quantitative estimate of drug-likeness (QED) is 0.576. The number of imidazole rings is 1. The largest absolute Gasteiger partial charge is 0.497 e. The second-order valence-corrected chi connectivity index (χ2v) is 6.21. The van der Waals surface area contributed by atoms with Crippen LogP contribution >= 0.6 is 15.9 Å². The lowest BCUT2D eigenvalue weighted by molar-refractivity contribution is 0.414. The number of fused-ring (bicyclic) bond motifs is 3. The molecule has 2 aromatic rings. The molecular formula is C17H12BrN3O3. The highest BCUT2D eigenvalue weighted by molar-refractivity contribution is 9.10. The van der Waals surface area contributed by atoms with Crippen LogP contribution in [0.4, 0.5) is 0 Å². The van der Waals surface area contributed by atoms with E-state index in [1.165, 1.54) is 4.57 Å². The maximum atomic E-state index is 12.9. The van der Waals surface area contributed by atoms with Crippen molar-refractivity contribution in [2.75, 3.05) is 7.11 Å². The van der Waals surface area contributed by atoms with E-state index >= 15 is 0 Å². The number of rotatable bonds is 2. The average Bonchev–Trinajstić information content (AvgIpc) is 2.86. The minimum Gasteiger partial charge on any atom is -0.497 e. The van der Waals surface area contributed by atoms with Crippen LogP contribution in [-0.2, 0) is 0 Å². The second kappa shape index (κ2) is 5.38. The Balaban J connectivity index is 2.08. The molecule has 0 bridgehead atoms. The summed E-state index contributed by atoms with van der Waals surface area (Å²) < 4.78 is 8.52. The molecule has 4 rings (SSSR count). The fourth-order valence-electron chi connectivity index (χ4n) is 2.78. The van der Waals surface area contributed by atoms with Gasteiger partial charge in [0, 0.05) is 10.7 Å². The number of nitrogens with zero attached hydrogens (tertiary/aromatic N) is 2. The molecule has 7 heteroatoms. The second-order valence-electron chi connectivity index (χ2n) is 5.29. The summed E-state index contributed by atoms with van der Waals surface area (Å²) in [4.78, 5) is 28.7. The van der Waals surface area contributed by atoms with Gasteiger partial charge in [-0.1, -0.05) is 15.9 Å². The third-order valence-electron chi connectivity index (χ3n) is 3.94.